The first-order valence-electron chi connectivity index (χ1n) is 11.7. The number of hydrogen-bond donors (Lipinski definition) is 1. The number of carbonyl (C=O) groups excluding carboxylic acids is 2. The molecule has 34 heavy (non-hydrogen) atoms. The molecule has 0 aliphatic heterocycles. The minimum absolute atomic E-state index is 0.0752. The number of rotatable bonds is 9. The third kappa shape index (κ3) is 7.74. The molecule has 3 rings (SSSR count). The fourth-order valence-electron chi connectivity index (χ4n) is 3.86. The van der Waals surface area contributed by atoms with Crippen molar-refractivity contribution in [1.29, 1.82) is 0 Å². The van der Waals surface area contributed by atoms with Crippen molar-refractivity contribution in [2.24, 2.45) is 0 Å². The summed E-state index contributed by atoms with van der Waals surface area (Å²) in [5, 5.41) is 3.66. The van der Waals surface area contributed by atoms with E-state index in [-0.39, 0.29) is 18.4 Å². The molecular weight excluding hydrogens is 444 g/mol. The third-order valence-corrected chi connectivity index (χ3v) is 5.91. The Bertz CT molecular complexity index is 1080. The minimum Gasteiger partial charge on any atom is -0.350 e. The van der Waals surface area contributed by atoms with E-state index < -0.39 is 11.6 Å². The van der Waals surface area contributed by atoms with Crippen molar-refractivity contribution >= 4 is 23.4 Å². The van der Waals surface area contributed by atoms with Gasteiger partial charge in [0.15, 0.2) is 0 Å². The molecule has 0 fully saturated rings. The summed E-state index contributed by atoms with van der Waals surface area (Å²) < 4.78 is 0. The molecule has 0 aliphatic carbocycles. The molecule has 3 aromatic carbocycles. The van der Waals surface area contributed by atoms with E-state index in [4.69, 9.17) is 11.6 Å². The molecule has 0 saturated heterocycles. The van der Waals surface area contributed by atoms with Crippen molar-refractivity contribution in [2.75, 3.05) is 0 Å². The summed E-state index contributed by atoms with van der Waals surface area (Å²) >= 11 is 6.46. The van der Waals surface area contributed by atoms with Crippen molar-refractivity contribution in [3.8, 4) is 0 Å². The van der Waals surface area contributed by atoms with E-state index in [1.807, 2.05) is 106 Å². The van der Waals surface area contributed by atoms with Crippen LogP contribution in [0, 0.1) is 0 Å². The summed E-state index contributed by atoms with van der Waals surface area (Å²) in [5.41, 5.74) is 2.48. The van der Waals surface area contributed by atoms with Gasteiger partial charge in [-0.1, -0.05) is 90.5 Å². The van der Waals surface area contributed by atoms with Gasteiger partial charge in [-0.15, -0.1) is 0 Å². The summed E-state index contributed by atoms with van der Waals surface area (Å²) in [5.74, 6) is -0.245. The maximum Gasteiger partial charge on any atom is 0.243 e. The van der Waals surface area contributed by atoms with Crippen LogP contribution in [-0.4, -0.2) is 28.3 Å². The first-order valence-corrected chi connectivity index (χ1v) is 12.0. The predicted octanol–water partition coefficient (Wildman–Crippen LogP) is 5.83. The monoisotopic (exact) mass is 476 g/mol. The highest BCUT2D eigenvalue weighted by atomic mass is 35.5. The average molecular weight is 477 g/mol. The standard InChI is InChI=1S/C29H33ClN2O2/c1-29(2,3)31-28(34)26(20-23-14-8-5-9-15-23)32(21-24-16-10-11-17-25(24)30)27(33)19-18-22-12-6-4-7-13-22/h4-17,26H,18-21H2,1-3H3,(H,31,34). The number of nitrogens with zero attached hydrogens (tertiary/aromatic N) is 1. The molecular formula is C29H33ClN2O2. The van der Waals surface area contributed by atoms with Gasteiger partial charge in [-0.3, -0.25) is 9.59 Å². The minimum atomic E-state index is -0.666. The molecule has 4 nitrogen and oxygen atoms in total. The van der Waals surface area contributed by atoms with Crippen LogP contribution in [0.15, 0.2) is 84.9 Å². The Labute approximate surface area is 207 Å². The van der Waals surface area contributed by atoms with Crippen LogP contribution in [0.2, 0.25) is 5.02 Å². The molecule has 0 radical (unpaired) electrons. The van der Waals surface area contributed by atoms with E-state index >= 15 is 0 Å². The number of benzene rings is 3. The second-order valence-electron chi connectivity index (χ2n) is 9.54. The van der Waals surface area contributed by atoms with Crippen LogP contribution < -0.4 is 5.32 Å². The normalized spacial score (nSPS) is 12.1. The van der Waals surface area contributed by atoms with Crippen LogP contribution in [0.1, 0.15) is 43.9 Å². The Balaban J connectivity index is 1.94. The fraction of sp³-hybridized carbons (Fsp3) is 0.310. The lowest BCUT2D eigenvalue weighted by Crippen LogP contribution is -2.54. The van der Waals surface area contributed by atoms with Crippen molar-refractivity contribution in [3.63, 3.8) is 0 Å². The zero-order valence-corrected chi connectivity index (χ0v) is 20.9. The van der Waals surface area contributed by atoms with Gasteiger partial charge in [0.2, 0.25) is 11.8 Å². The van der Waals surface area contributed by atoms with Crippen LogP contribution in [0.5, 0.6) is 0 Å². The Hall–Kier alpha value is -3.11. The van der Waals surface area contributed by atoms with Crippen molar-refractivity contribution in [3.05, 3.63) is 107 Å². The average Bonchev–Trinajstić information content (AvgIpc) is 2.81. The Morgan fingerprint density at radius 3 is 2.00 bits per heavy atom. The summed E-state index contributed by atoms with van der Waals surface area (Å²) in [6.45, 7) is 6.10. The van der Waals surface area contributed by atoms with E-state index in [0.29, 0.717) is 24.3 Å². The highest BCUT2D eigenvalue weighted by molar-refractivity contribution is 6.31. The highest BCUT2D eigenvalue weighted by Crippen LogP contribution is 2.22. The van der Waals surface area contributed by atoms with Gasteiger partial charge in [-0.2, -0.15) is 0 Å². The topological polar surface area (TPSA) is 49.4 Å². The number of carbonyl (C=O) groups is 2. The van der Waals surface area contributed by atoms with Gasteiger partial charge in [0.1, 0.15) is 6.04 Å². The SMILES string of the molecule is CC(C)(C)NC(=O)C(Cc1ccccc1)N(Cc1ccccc1Cl)C(=O)CCc1ccccc1. The largest absolute Gasteiger partial charge is 0.350 e. The molecule has 3 aromatic rings. The first kappa shape index (κ1) is 25.5. The molecule has 1 atom stereocenters. The summed E-state index contributed by atoms with van der Waals surface area (Å²) in [4.78, 5) is 28.8. The number of nitrogens with one attached hydrogen (secondary N) is 1. The third-order valence-electron chi connectivity index (χ3n) is 5.54. The molecule has 0 spiro atoms. The van der Waals surface area contributed by atoms with E-state index in [9.17, 15) is 9.59 Å². The second kappa shape index (κ2) is 11.8. The fourth-order valence-corrected chi connectivity index (χ4v) is 4.05. The highest BCUT2D eigenvalue weighted by Gasteiger charge is 2.32. The van der Waals surface area contributed by atoms with Gasteiger partial charge in [0, 0.05) is 29.9 Å². The van der Waals surface area contributed by atoms with Gasteiger partial charge >= 0.3 is 0 Å². The van der Waals surface area contributed by atoms with E-state index in [1.165, 1.54) is 0 Å². The lowest BCUT2D eigenvalue weighted by Gasteiger charge is -2.34. The predicted molar refractivity (Wildman–Crippen MR) is 139 cm³/mol. The Morgan fingerprint density at radius 2 is 1.41 bits per heavy atom. The second-order valence-corrected chi connectivity index (χ2v) is 9.95. The van der Waals surface area contributed by atoms with Gasteiger partial charge in [0.25, 0.3) is 0 Å². The summed E-state index contributed by atoms with van der Waals surface area (Å²) in [6.07, 6.45) is 1.34. The molecule has 2 amide bonds. The van der Waals surface area contributed by atoms with E-state index in [1.54, 1.807) is 4.90 Å². The van der Waals surface area contributed by atoms with Crippen LogP contribution in [0.25, 0.3) is 0 Å². The summed E-state index contributed by atoms with van der Waals surface area (Å²) in [6, 6.07) is 26.5. The zero-order valence-electron chi connectivity index (χ0n) is 20.1. The number of hydrogen-bond acceptors (Lipinski definition) is 2. The first-order chi connectivity index (χ1) is 16.2. The van der Waals surface area contributed by atoms with Crippen LogP contribution in [0.4, 0.5) is 0 Å². The summed E-state index contributed by atoms with van der Waals surface area (Å²) in [7, 11) is 0. The molecule has 0 bridgehead atoms. The molecule has 0 aromatic heterocycles. The quantitative estimate of drug-likeness (QED) is 0.422. The molecule has 0 aliphatic rings. The van der Waals surface area contributed by atoms with E-state index in [2.05, 4.69) is 5.32 Å². The lowest BCUT2D eigenvalue weighted by molar-refractivity contribution is -0.141. The van der Waals surface area contributed by atoms with Crippen LogP contribution in [0.3, 0.4) is 0 Å². The molecule has 0 saturated carbocycles. The lowest BCUT2D eigenvalue weighted by atomic mass is 10.00. The van der Waals surface area contributed by atoms with Gasteiger partial charge < -0.3 is 10.2 Å². The number of aryl methyl sites for hydroxylation is 1. The Morgan fingerprint density at radius 1 is 0.853 bits per heavy atom. The molecule has 1 unspecified atom stereocenters. The van der Waals surface area contributed by atoms with Gasteiger partial charge in [0.05, 0.1) is 0 Å². The van der Waals surface area contributed by atoms with Gasteiger partial charge in [-0.25, -0.2) is 0 Å². The smallest absolute Gasteiger partial charge is 0.243 e. The van der Waals surface area contributed by atoms with Crippen molar-refractivity contribution in [2.45, 2.75) is 58.2 Å². The number of halogens is 1. The van der Waals surface area contributed by atoms with E-state index in [0.717, 1.165) is 16.7 Å². The van der Waals surface area contributed by atoms with Crippen LogP contribution >= 0.6 is 11.6 Å². The van der Waals surface area contributed by atoms with Crippen molar-refractivity contribution in [1.82, 2.24) is 10.2 Å². The maximum absolute atomic E-state index is 13.6. The van der Waals surface area contributed by atoms with Crippen molar-refractivity contribution < 1.29 is 9.59 Å². The van der Waals surface area contributed by atoms with Gasteiger partial charge in [-0.05, 0) is 49.9 Å². The molecule has 0 heterocycles. The maximum atomic E-state index is 13.6. The zero-order chi connectivity index (χ0) is 24.6. The number of amides is 2. The molecule has 5 heteroatoms. The van der Waals surface area contributed by atoms with Crippen LogP contribution in [-0.2, 0) is 29.0 Å². The molecule has 1 N–H and O–H groups in total. The molecule has 178 valence electrons. The Kier molecular flexibility index (Phi) is 8.89.